The molecular weight excluding hydrogens is 456 g/mol. The molecule has 0 aromatic heterocycles. The Bertz CT molecular complexity index is 1160. The first-order valence-corrected chi connectivity index (χ1v) is 11.2. The summed E-state index contributed by atoms with van der Waals surface area (Å²) in [4.78, 5) is 35.2. The topological polar surface area (TPSA) is 162 Å². The Labute approximate surface area is 189 Å². The highest BCUT2D eigenvalue weighted by molar-refractivity contribution is 7.89. The number of aliphatic carboxylic acids is 3. The van der Waals surface area contributed by atoms with Crippen molar-refractivity contribution >= 4 is 33.6 Å². The molecule has 2 aromatic rings. The Morgan fingerprint density at radius 2 is 1.61 bits per heavy atom. The van der Waals surface area contributed by atoms with E-state index >= 15 is 0 Å². The number of carboxylic acid groups (broad SMARTS) is 3. The maximum atomic E-state index is 13.3. The molecule has 1 atom stereocenters. The van der Waals surface area contributed by atoms with Crippen LogP contribution >= 0.6 is 0 Å². The molecule has 12 heteroatoms. The van der Waals surface area contributed by atoms with E-state index in [1.807, 2.05) is 0 Å². The van der Waals surface area contributed by atoms with Crippen LogP contribution in [0.25, 0.3) is 0 Å². The van der Waals surface area contributed by atoms with Crippen molar-refractivity contribution in [1.82, 2.24) is 4.31 Å². The summed E-state index contributed by atoms with van der Waals surface area (Å²) in [6.45, 7) is -1.42. The van der Waals surface area contributed by atoms with E-state index in [0.717, 1.165) is 9.21 Å². The highest BCUT2D eigenvalue weighted by Crippen LogP contribution is 2.32. The van der Waals surface area contributed by atoms with Crippen LogP contribution in [0, 0.1) is 0 Å². The van der Waals surface area contributed by atoms with Crippen molar-refractivity contribution in [3.8, 4) is 5.75 Å². The van der Waals surface area contributed by atoms with Crippen LogP contribution in [-0.4, -0.2) is 72.2 Å². The van der Waals surface area contributed by atoms with E-state index in [2.05, 4.69) is 0 Å². The van der Waals surface area contributed by atoms with Gasteiger partial charge in [-0.3, -0.25) is 14.4 Å². The van der Waals surface area contributed by atoms with Gasteiger partial charge in [-0.1, -0.05) is 6.07 Å². The lowest BCUT2D eigenvalue weighted by Gasteiger charge is -2.34. The SMILES string of the molecule is COc1ccc(S(=O)(=O)N2Cc3cc(N(CC(=O)O)CC(=O)O)ccc3C[C@@H]2C(=O)O)cc1. The molecular formula is C21H22N2O9S. The van der Waals surface area contributed by atoms with Gasteiger partial charge in [0.25, 0.3) is 0 Å². The van der Waals surface area contributed by atoms with Crippen molar-refractivity contribution in [1.29, 1.82) is 0 Å². The average Bonchev–Trinajstić information content (AvgIpc) is 2.76. The second kappa shape index (κ2) is 9.46. The molecule has 1 heterocycles. The number of carboxylic acids is 3. The van der Waals surface area contributed by atoms with Gasteiger partial charge in [0, 0.05) is 18.7 Å². The number of methoxy groups -OCH3 is 1. The number of fused-ring (bicyclic) bond motifs is 1. The van der Waals surface area contributed by atoms with E-state index in [4.69, 9.17) is 14.9 Å². The maximum absolute atomic E-state index is 13.3. The molecule has 3 N–H and O–H groups in total. The third-order valence-electron chi connectivity index (χ3n) is 5.25. The number of benzene rings is 2. The van der Waals surface area contributed by atoms with Crippen LogP contribution in [0.15, 0.2) is 47.4 Å². The minimum Gasteiger partial charge on any atom is -0.497 e. The van der Waals surface area contributed by atoms with Gasteiger partial charge < -0.3 is 25.0 Å². The molecule has 0 amide bonds. The number of rotatable bonds is 9. The zero-order valence-electron chi connectivity index (χ0n) is 17.5. The molecule has 33 heavy (non-hydrogen) atoms. The summed E-state index contributed by atoms with van der Waals surface area (Å²) >= 11 is 0. The van der Waals surface area contributed by atoms with Gasteiger partial charge in [0.05, 0.1) is 12.0 Å². The van der Waals surface area contributed by atoms with Crippen molar-refractivity contribution in [2.24, 2.45) is 0 Å². The van der Waals surface area contributed by atoms with Gasteiger partial charge in [-0.25, -0.2) is 8.42 Å². The zero-order chi connectivity index (χ0) is 24.3. The molecule has 11 nitrogen and oxygen atoms in total. The van der Waals surface area contributed by atoms with Crippen LogP contribution in [0.3, 0.4) is 0 Å². The Kier molecular flexibility index (Phi) is 6.89. The third-order valence-corrected chi connectivity index (χ3v) is 7.11. The van der Waals surface area contributed by atoms with E-state index < -0.39 is 47.1 Å². The lowest BCUT2D eigenvalue weighted by Crippen LogP contribution is -2.48. The quantitative estimate of drug-likeness (QED) is 0.471. The summed E-state index contributed by atoms with van der Waals surface area (Å²) in [6, 6.07) is 8.76. The summed E-state index contributed by atoms with van der Waals surface area (Å²) in [5.41, 5.74) is 1.31. The van der Waals surface area contributed by atoms with Crippen molar-refractivity contribution in [2.75, 3.05) is 25.1 Å². The van der Waals surface area contributed by atoms with E-state index in [1.165, 1.54) is 43.5 Å². The van der Waals surface area contributed by atoms with Gasteiger partial charge in [-0.05, 0) is 47.5 Å². The average molecular weight is 478 g/mol. The van der Waals surface area contributed by atoms with E-state index in [9.17, 15) is 27.9 Å². The number of carbonyl (C=O) groups is 3. The summed E-state index contributed by atoms with van der Waals surface area (Å²) in [6.07, 6.45) is -0.0990. The van der Waals surface area contributed by atoms with E-state index in [-0.39, 0.29) is 23.5 Å². The molecule has 3 rings (SSSR count). The Balaban J connectivity index is 2.01. The fourth-order valence-corrected chi connectivity index (χ4v) is 5.21. The lowest BCUT2D eigenvalue weighted by atomic mass is 9.95. The highest BCUT2D eigenvalue weighted by atomic mass is 32.2. The summed E-state index contributed by atoms with van der Waals surface area (Å²) in [7, 11) is -2.77. The zero-order valence-corrected chi connectivity index (χ0v) is 18.4. The summed E-state index contributed by atoms with van der Waals surface area (Å²) < 4.78 is 32.5. The van der Waals surface area contributed by atoms with Gasteiger partial charge in [0.1, 0.15) is 24.9 Å². The lowest BCUT2D eigenvalue weighted by molar-refractivity contribution is -0.142. The van der Waals surface area contributed by atoms with Crippen LogP contribution < -0.4 is 9.64 Å². The summed E-state index contributed by atoms with van der Waals surface area (Å²) in [5, 5.41) is 27.9. The first-order valence-electron chi connectivity index (χ1n) is 9.72. The molecule has 0 saturated carbocycles. The molecule has 0 radical (unpaired) electrons. The smallest absolute Gasteiger partial charge is 0.323 e. The number of nitrogens with zero attached hydrogens (tertiary/aromatic N) is 2. The molecule has 0 saturated heterocycles. The number of anilines is 1. The normalized spacial score (nSPS) is 16.0. The number of sulfonamides is 1. The Morgan fingerprint density at radius 3 is 2.12 bits per heavy atom. The fraction of sp³-hybridized carbons (Fsp3) is 0.286. The van der Waals surface area contributed by atoms with E-state index in [1.54, 1.807) is 6.07 Å². The van der Waals surface area contributed by atoms with E-state index in [0.29, 0.717) is 16.9 Å². The maximum Gasteiger partial charge on any atom is 0.323 e. The molecule has 0 unspecified atom stereocenters. The number of ether oxygens (including phenoxy) is 1. The Hall–Kier alpha value is -3.64. The van der Waals surface area contributed by atoms with Crippen LogP contribution in [0.4, 0.5) is 5.69 Å². The van der Waals surface area contributed by atoms with Crippen molar-refractivity contribution in [3.63, 3.8) is 0 Å². The monoisotopic (exact) mass is 478 g/mol. The fourth-order valence-electron chi connectivity index (χ4n) is 3.65. The predicted molar refractivity (Wildman–Crippen MR) is 115 cm³/mol. The molecule has 0 fully saturated rings. The molecule has 2 aromatic carbocycles. The first kappa shape index (κ1) is 24.0. The molecule has 1 aliphatic heterocycles. The molecule has 176 valence electrons. The van der Waals surface area contributed by atoms with Crippen molar-refractivity contribution in [3.05, 3.63) is 53.6 Å². The van der Waals surface area contributed by atoms with Crippen molar-refractivity contribution in [2.45, 2.75) is 23.9 Å². The van der Waals surface area contributed by atoms with Crippen LogP contribution in [0.2, 0.25) is 0 Å². The second-order valence-electron chi connectivity index (χ2n) is 7.38. The highest BCUT2D eigenvalue weighted by Gasteiger charge is 2.40. The molecule has 1 aliphatic rings. The number of hydrogen-bond donors (Lipinski definition) is 3. The Morgan fingerprint density at radius 1 is 1.00 bits per heavy atom. The van der Waals surface area contributed by atoms with Gasteiger partial charge in [-0.2, -0.15) is 4.31 Å². The van der Waals surface area contributed by atoms with Gasteiger partial charge in [-0.15, -0.1) is 0 Å². The minimum atomic E-state index is -4.20. The van der Waals surface area contributed by atoms with Crippen LogP contribution in [0.1, 0.15) is 11.1 Å². The van der Waals surface area contributed by atoms with Gasteiger partial charge in [0.2, 0.25) is 10.0 Å². The largest absolute Gasteiger partial charge is 0.497 e. The molecule has 0 spiro atoms. The third kappa shape index (κ3) is 5.23. The van der Waals surface area contributed by atoms with Gasteiger partial charge in [0.15, 0.2) is 0 Å². The van der Waals surface area contributed by atoms with Gasteiger partial charge >= 0.3 is 17.9 Å². The van der Waals surface area contributed by atoms with Crippen LogP contribution in [0.5, 0.6) is 5.75 Å². The number of hydrogen-bond acceptors (Lipinski definition) is 7. The standard InChI is InChI=1S/C21H22N2O9S/c1-32-16-4-6-17(7-5-16)33(30,31)23-10-14-8-15(22(11-19(24)25)12-20(26)27)3-2-13(14)9-18(23)21(28)29/h2-8,18H,9-12H2,1H3,(H,24,25)(H,26,27)(H,28,29)/t18-/m1/s1. The second-order valence-corrected chi connectivity index (χ2v) is 9.27. The summed E-state index contributed by atoms with van der Waals surface area (Å²) in [5.74, 6) is -3.33. The first-order chi connectivity index (χ1) is 15.5. The van der Waals surface area contributed by atoms with Crippen molar-refractivity contribution < 1.29 is 42.9 Å². The molecule has 0 bridgehead atoms. The van der Waals surface area contributed by atoms with Crippen LogP contribution in [-0.2, 0) is 37.4 Å². The minimum absolute atomic E-state index is 0.0990. The molecule has 0 aliphatic carbocycles. The predicted octanol–water partition coefficient (Wildman–Crippen LogP) is 0.871.